The molecule has 0 heterocycles. The van der Waals surface area contributed by atoms with E-state index in [0.717, 1.165) is 25.4 Å². The van der Waals surface area contributed by atoms with Gasteiger partial charge in [0, 0.05) is 6.04 Å². The number of likely N-dealkylation sites (N-methyl/N-ethyl adjacent to an activating group) is 1. The fourth-order valence-electron chi connectivity index (χ4n) is 3.37. The van der Waals surface area contributed by atoms with Crippen molar-refractivity contribution in [3.8, 4) is 0 Å². The molecule has 0 aromatic rings. The van der Waals surface area contributed by atoms with Gasteiger partial charge in [0.15, 0.2) is 0 Å². The molecule has 0 spiro atoms. The first-order chi connectivity index (χ1) is 8.46. The van der Waals surface area contributed by atoms with Crippen LogP contribution in [0, 0.1) is 11.3 Å². The van der Waals surface area contributed by atoms with Gasteiger partial charge >= 0.3 is 0 Å². The van der Waals surface area contributed by atoms with E-state index in [9.17, 15) is 5.11 Å². The van der Waals surface area contributed by atoms with Crippen molar-refractivity contribution in [1.82, 2.24) is 4.90 Å². The molecular weight excluding hydrogens is 222 g/mol. The summed E-state index contributed by atoms with van der Waals surface area (Å²) in [7, 11) is 0. The van der Waals surface area contributed by atoms with Gasteiger partial charge in [0.25, 0.3) is 0 Å². The van der Waals surface area contributed by atoms with Crippen LogP contribution >= 0.6 is 0 Å². The second-order valence-corrected chi connectivity index (χ2v) is 6.62. The van der Waals surface area contributed by atoms with Gasteiger partial charge in [0.2, 0.25) is 0 Å². The minimum absolute atomic E-state index is 0.111. The van der Waals surface area contributed by atoms with Crippen LogP contribution in [-0.2, 0) is 0 Å². The third kappa shape index (κ3) is 3.71. The Morgan fingerprint density at radius 2 is 1.83 bits per heavy atom. The minimum Gasteiger partial charge on any atom is -0.391 e. The van der Waals surface area contributed by atoms with Crippen molar-refractivity contribution in [2.24, 2.45) is 11.3 Å². The van der Waals surface area contributed by atoms with Crippen LogP contribution in [0.5, 0.6) is 0 Å². The number of hydrogen-bond acceptors (Lipinski definition) is 2. The van der Waals surface area contributed by atoms with E-state index < -0.39 is 0 Å². The summed E-state index contributed by atoms with van der Waals surface area (Å²) in [5, 5.41) is 10.3. The van der Waals surface area contributed by atoms with E-state index in [1.54, 1.807) is 0 Å². The monoisotopic (exact) mass is 255 g/mol. The average Bonchev–Trinajstić information content (AvgIpc) is 2.36. The highest BCUT2D eigenvalue weighted by Crippen LogP contribution is 2.41. The van der Waals surface area contributed by atoms with Gasteiger partial charge in [0.1, 0.15) is 0 Å². The van der Waals surface area contributed by atoms with E-state index >= 15 is 0 Å². The molecule has 2 nitrogen and oxygen atoms in total. The average molecular weight is 255 g/mol. The molecular formula is C16H33NO. The Labute approximate surface area is 114 Å². The molecule has 0 aromatic heterocycles. The lowest BCUT2D eigenvalue weighted by atomic mass is 9.67. The van der Waals surface area contributed by atoms with Gasteiger partial charge in [-0.3, -0.25) is 4.90 Å². The molecule has 0 bridgehead atoms. The summed E-state index contributed by atoms with van der Waals surface area (Å²) in [6.45, 7) is 13.7. The molecule has 1 saturated carbocycles. The van der Waals surface area contributed by atoms with Crippen LogP contribution in [0.15, 0.2) is 0 Å². The topological polar surface area (TPSA) is 23.5 Å². The molecule has 1 fully saturated rings. The zero-order valence-electron chi connectivity index (χ0n) is 13.1. The molecule has 1 rings (SSSR count). The van der Waals surface area contributed by atoms with Crippen molar-refractivity contribution < 1.29 is 5.11 Å². The second-order valence-electron chi connectivity index (χ2n) is 6.62. The standard InChI is InChI=1S/C16H33NO/c1-6-11-17(8-3)14-12-13(9-10-15(14)18)16(4,5)7-2/h13-15,18H,6-12H2,1-5H3. The van der Waals surface area contributed by atoms with Crippen LogP contribution in [-0.4, -0.2) is 35.2 Å². The maximum Gasteiger partial charge on any atom is 0.0695 e. The van der Waals surface area contributed by atoms with Gasteiger partial charge < -0.3 is 5.11 Å². The zero-order valence-corrected chi connectivity index (χ0v) is 13.1. The quantitative estimate of drug-likeness (QED) is 0.782. The predicted molar refractivity (Wildman–Crippen MR) is 78.7 cm³/mol. The molecule has 0 aromatic carbocycles. The van der Waals surface area contributed by atoms with Gasteiger partial charge in [-0.15, -0.1) is 0 Å². The number of rotatable bonds is 6. The lowest BCUT2D eigenvalue weighted by molar-refractivity contribution is -0.0191. The van der Waals surface area contributed by atoms with Gasteiger partial charge in [-0.2, -0.15) is 0 Å². The highest BCUT2D eigenvalue weighted by atomic mass is 16.3. The summed E-state index contributed by atoms with van der Waals surface area (Å²) in [6.07, 6.45) is 5.66. The van der Waals surface area contributed by atoms with E-state index in [0.29, 0.717) is 11.5 Å². The van der Waals surface area contributed by atoms with Crippen molar-refractivity contribution >= 4 is 0 Å². The van der Waals surface area contributed by atoms with Crippen molar-refractivity contribution in [3.63, 3.8) is 0 Å². The molecule has 1 aliphatic rings. The molecule has 18 heavy (non-hydrogen) atoms. The smallest absolute Gasteiger partial charge is 0.0695 e. The summed E-state index contributed by atoms with van der Waals surface area (Å²) >= 11 is 0. The fourth-order valence-corrected chi connectivity index (χ4v) is 3.37. The number of aliphatic hydroxyl groups excluding tert-OH is 1. The summed E-state index contributed by atoms with van der Waals surface area (Å²) in [5.74, 6) is 0.766. The highest BCUT2D eigenvalue weighted by Gasteiger charge is 2.38. The summed E-state index contributed by atoms with van der Waals surface area (Å²) in [4.78, 5) is 2.49. The van der Waals surface area contributed by atoms with E-state index in [2.05, 4.69) is 39.5 Å². The molecule has 0 saturated heterocycles. The fraction of sp³-hybridized carbons (Fsp3) is 1.00. The molecule has 3 unspecified atom stereocenters. The Bertz CT molecular complexity index is 239. The van der Waals surface area contributed by atoms with Gasteiger partial charge in [-0.1, -0.05) is 41.0 Å². The largest absolute Gasteiger partial charge is 0.391 e. The second kappa shape index (κ2) is 6.91. The minimum atomic E-state index is -0.111. The summed E-state index contributed by atoms with van der Waals surface area (Å²) in [6, 6.07) is 0.388. The Balaban J connectivity index is 2.71. The SMILES string of the molecule is CCCN(CC)C1CC(C(C)(C)CC)CCC1O. The van der Waals surface area contributed by atoms with Crippen LogP contribution in [0.1, 0.15) is 66.7 Å². The van der Waals surface area contributed by atoms with Crippen LogP contribution in [0.25, 0.3) is 0 Å². The van der Waals surface area contributed by atoms with E-state index in [1.165, 1.54) is 25.7 Å². The maximum atomic E-state index is 10.3. The molecule has 1 N–H and O–H groups in total. The van der Waals surface area contributed by atoms with Gasteiger partial charge in [-0.25, -0.2) is 0 Å². The van der Waals surface area contributed by atoms with Crippen LogP contribution in [0.2, 0.25) is 0 Å². The van der Waals surface area contributed by atoms with Crippen molar-refractivity contribution in [1.29, 1.82) is 0 Å². The van der Waals surface area contributed by atoms with Crippen molar-refractivity contribution in [2.75, 3.05) is 13.1 Å². The lowest BCUT2D eigenvalue weighted by Crippen LogP contribution is -2.49. The number of aliphatic hydroxyl groups is 1. The highest BCUT2D eigenvalue weighted by molar-refractivity contribution is 4.91. The molecule has 0 aliphatic heterocycles. The van der Waals surface area contributed by atoms with Crippen LogP contribution < -0.4 is 0 Å². The maximum absolute atomic E-state index is 10.3. The van der Waals surface area contributed by atoms with Crippen molar-refractivity contribution in [3.05, 3.63) is 0 Å². The Hall–Kier alpha value is -0.0800. The predicted octanol–water partition coefficient (Wildman–Crippen LogP) is 3.68. The third-order valence-corrected chi connectivity index (χ3v) is 5.18. The van der Waals surface area contributed by atoms with E-state index in [1.807, 2.05) is 0 Å². The molecule has 0 amide bonds. The van der Waals surface area contributed by atoms with Gasteiger partial charge in [0.05, 0.1) is 6.10 Å². The zero-order chi connectivity index (χ0) is 13.8. The first-order valence-corrected chi connectivity index (χ1v) is 7.88. The van der Waals surface area contributed by atoms with Crippen LogP contribution in [0.3, 0.4) is 0 Å². The normalized spacial score (nSPS) is 29.8. The Morgan fingerprint density at radius 1 is 1.17 bits per heavy atom. The van der Waals surface area contributed by atoms with Crippen molar-refractivity contribution in [2.45, 2.75) is 78.9 Å². The van der Waals surface area contributed by atoms with E-state index in [4.69, 9.17) is 0 Å². The first kappa shape index (κ1) is 16.0. The summed E-state index contributed by atoms with van der Waals surface area (Å²) in [5.41, 5.74) is 0.421. The van der Waals surface area contributed by atoms with Crippen LogP contribution in [0.4, 0.5) is 0 Å². The number of nitrogens with zero attached hydrogens (tertiary/aromatic N) is 1. The molecule has 1 aliphatic carbocycles. The van der Waals surface area contributed by atoms with E-state index in [-0.39, 0.29) is 6.10 Å². The molecule has 3 atom stereocenters. The lowest BCUT2D eigenvalue weighted by Gasteiger charge is -2.45. The van der Waals surface area contributed by atoms with Gasteiger partial charge in [-0.05, 0) is 50.1 Å². The Kier molecular flexibility index (Phi) is 6.13. The Morgan fingerprint density at radius 3 is 2.33 bits per heavy atom. The summed E-state index contributed by atoms with van der Waals surface area (Å²) < 4.78 is 0. The molecule has 108 valence electrons. The number of hydrogen-bond donors (Lipinski definition) is 1. The molecule has 0 radical (unpaired) electrons. The first-order valence-electron chi connectivity index (χ1n) is 7.88. The third-order valence-electron chi connectivity index (χ3n) is 5.18. The molecule has 2 heteroatoms.